The average molecular weight is 490 g/mol. The fourth-order valence-electron chi connectivity index (χ4n) is 4.31. The number of thiazole rings is 1. The van der Waals surface area contributed by atoms with E-state index in [0.717, 1.165) is 31.7 Å². The third kappa shape index (κ3) is 5.44. The zero-order valence-electron chi connectivity index (χ0n) is 19.2. The predicted octanol–water partition coefficient (Wildman–Crippen LogP) is 3.47. The highest BCUT2D eigenvalue weighted by Gasteiger charge is 2.33. The molecule has 10 heteroatoms. The molecule has 1 amide bonds. The topological polar surface area (TPSA) is 104 Å². The molecule has 1 saturated heterocycles. The third-order valence-electron chi connectivity index (χ3n) is 6.29. The minimum absolute atomic E-state index is 0.0796. The van der Waals surface area contributed by atoms with Gasteiger partial charge in [-0.05, 0) is 43.4 Å². The van der Waals surface area contributed by atoms with Gasteiger partial charge >= 0.3 is 0 Å². The minimum Gasteiger partial charge on any atom is -0.300 e. The Morgan fingerprint density at radius 1 is 1.39 bits per heavy atom. The van der Waals surface area contributed by atoms with Crippen LogP contribution in [0.3, 0.4) is 0 Å². The van der Waals surface area contributed by atoms with Gasteiger partial charge in [-0.1, -0.05) is 39.3 Å². The number of carbonyl (C=O) groups is 1. The normalized spacial score (nSPS) is 23.0. The van der Waals surface area contributed by atoms with E-state index in [1.807, 2.05) is 19.2 Å². The summed E-state index contributed by atoms with van der Waals surface area (Å²) in [6.07, 6.45) is 3.20. The molecule has 1 unspecified atom stereocenters. The molecule has 178 valence electrons. The van der Waals surface area contributed by atoms with Crippen molar-refractivity contribution in [2.75, 3.05) is 18.4 Å². The van der Waals surface area contributed by atoms with E-state index in [2.05, 4.69) is 31.8 Å². The molecule has 0 bridgehead atoms. The Hall–Kier alpha value is -2.30. The first-order valence-corrected chi connectivity index (χ1v) is 13.8. The van der Waals surface area contributed by atoms with Crippen LogP contribution in [0.4, 0.5) is 5.13 Å². The van der Waals surface area contributed by atoms with Crippen LogP contribution in [-0.2, 0) is 21.4 Å². The molecule has 2 N–H and O–H groups in total. The summed E-state index contributed by atoms with van der Waals surface area (Å²) in [5, 5.41) is 5.44. The molecule has 2 aliphatic heterocycles. The smallest absolute Gasteiger partial charge is 0.263 e. The number of carbonyl (C=O) groups excluding carboxylic acids is 1. The van der Waals surface area contributed by atoms with Crippen molar-refractivity contribution in [3.05, 3.63) is 40.9 Å². The highest BCUT2D eigenvalue weighted by molar-refractivity contribution is 7.90. The second-order valence-corrected chi connectivity index (χ2v) is 11.5. The number of nitrogens with one attached hydrogen (secondary N) is 2. The largest absolute Gasteiger partial charge is 0.300 e. The minimum atomic E-state index is -3.66. The van der Waals surface area contributed by atoms with Crippen molar-refractivity contribution in [2.24, 2.45) is 16.8 Å². The number of likely N-dealkylation sites (tertiary alicyclic amines) is 1. The number of nitrogens with zero attached hydrogens (tertiary/aromatic N) is 3. The molecule has 1 fully saturated rings. The van der Waals surface area contributed by atoms with Crippen LogP contribution >= 0.6 is 11.3 Å². The summed E-state index contributed by atoms with van der Waals surface area (Å²) in [5.74, 6) is 0.548. The molecule has 0 spiro atoms. The van der Waals surface area contributed by atoms with Crippen molar-refractivity contribution in [3.63, 3.8) is 0 Å². The molecule has 0 radical (unpaired) electrons. The van der Waals surface area contributed by atoms with E-state index >= 15 is 0 Å². The Balaban J connectivity index is 1.50. The van der Waals surface area contributed by atoms with Crippen molar-refractivity contribution in [2.45, 2.75) is 57.5 Å². The Kier molecular flexibility index (Phi) is 7.16. The number of aromatic nitrogens is 1. The van der Waals surface area contributed by atoms with Gasteiger partial charge in [0.2, 0.25) is 0 Å². The molecule has 33 heavy (non-hydrogen) atoms. The molecular weight excluding hydrogens is 458 g/mol. The van der Waals surface area contributed by atoms with Crippen molar-refractivity contribution in [3.8, 4) is 0 Å². The van der Waals surface area contributed by atoms with Crippen LogP contribution in [0.2, 0.25) is 0 Å². The lowest BCUT2D eigenvalue weighted by atomic mass is 9.99. The molecule has 3 atom stereocenters. The Labute approximate surface area is 199 Å². The molecule has 2 aliphatic rings. The molecule has 3 heterocycles. The van der Waals surface area contributed by atoms with Crippen molar-refractivity contribution in [1.82, 2.24) is 14.6 Å². The van der Waals surface area contributed by atoms with Gasteiger partial charge in [-0.3, -0.25) is 19.4 Å². The van der Waals surface area contributed by atoms with E-state index < -0.39 is 16.1 Å². The highest BCUT2D eigenvalue weighted by Crippen LogP contribution is 2.25. The number of anilines is 1. The monoisotopic (exact) mass is 489 g/mol. The lowest BCUT2D eigenvalue weighted by molar-refractivity contribution is -0.118. The van der Waals surface area contributed by atoms with Crippen LogP contribution in [0, 0.1) is 11.8 Å². The number of sulfonamides is 1. The quantitative estimate of drug-likeness (QED) is 0.620. The number of aliphatic imine (C=N–C) groups is 1. The molecule has 1 aromatic heterocycles. The van der Waals surface area contributed by atoms with Crippen LogP contribution in [0.25, 0.3) is 0 Å². The van der Waals surface area contributed by atoms with Crippen molar-refractivity contribution in [1.29, 1.82) is 0 Å². The molecule has 4 rings (SSSR count). The number of hydrogen-bond donors (Lipinski definition) is 2. The van der Waals surface area contributed by atoms with Crippen molar-refractivity contribution >= 4 is 38.2 Å². The summed E-state index contributed by atoms with van der Waals surface area (Å²) >= 11 is 1.41. The summed E-state index contributed by atoms with van der Waals surface area (Å²) in [6.45, 7) is 9.14. The summed E-state index contributed by atoms with van der Waals surface area (Å²) in [6, 6.07) is 5.93. The maximum absolute atomic E-state index is 13.2. The van der Waals surface area contributed by atoms with Gasteiger partial charge in [0.25, 0.3) is 15.9 Å². The van der Waals surface area contributed by atoms with E-state index in [0.29, 0.717) is 16.6 Å². The van der Waals surface area contributed by atoms with E-state index in [-0.39, 0.29) is 22.6 Å². The van der Waals surface area contributed by atoms with E-state index in [9.17, 15) is 13.2 Å². The second kappa shape index (κ2) is 9.90. The van der Waals surface area contributed by atoms with Gasteiger partial charge in [0.15, 0.2) is 5.13 Å². The van der Waals surface area contributed by atoms with Gasteiger partial charge < -0.3 is 5.32 Å². The maximum Gasteiger partial charge on any atom is 0.263 e. The van der Waals surface area contributed by atoms with Gasteiger partial charge in [-0.25, -0.2) is 13.4 Å². The maximum atomic E-state index is 13.2. The van der Waals surface area contributed by atoms with Gasteiger partial charge in [0.1, 0.15) is 11.9 Å². The van der Waals surface area contributed by atoms with Crippen molar-refractivity contribution < 1.29 is 13.2 Å². The first-order chi connectivity index (χ1) is 15.8. The summed E-state index contributed by atoms with van der Waals surface area (Å²) < 4.78 is 27.4. The first-order valence-electron chi connectivity index (χ1n) is 11.4. The van der Waals surface area contributed by atoms with Crippen LogP contribution in [0.1, 0.15) is 51.3 Å². The number of hydrogen-bond acceptors (Lipinski definition) is 7. The summed E-state index contributed by atoms with van der Waals surface area (Å²) in [5.41, 5.74) is 1.44. The molecular formula is C23H31N5O3S2. The summed E-state index contributed by atoms with van der Waals surface area (Å²) in [4.78, 5) is 25.0. The predicted molar refractivity (Wildman–Crippen MR) is 131 cm³/mol. The van der Waals surface area contributed by atoms with Crippen LogP contribution in [0.5, 0.6) is 0 Å². The number of fused-ring (bicyclic) bond motifs is 1. The van der Waals surface area contributed by atoms with Gasteiger partial charge in [-0.2, -0.15) is 0 Å². The molecule has 1 aromatic carbocycles. The number of piperidine rings is 1. The SMILES string of the molecule is CC[C@H](C)[C@H](N=C1NS(=O)(=O)c2ccccc21)C(=O)Nc1nc(CN2CCCC(C)C2)cs1. The number of amides is 1. The standard InChI is InChI=1S/C23H31N5O3S2/c1-4-16(3)20(25-21-18-9-5-6-10-19(18)33(30,31)27-21)22(29)26-23-24-17(14-32-23)13-28-11-7-8-15(2)12-28/h5-6,9-10,14-16,20H,4,7-8,11-13H2,1-3H3,(H,25,27)(H,24,26,29)/t15?,16-,20-/m0/s1. The average Bonchev–Trinajstić information content (AvgIpc) is 3.32. The molecule has 8 nitrogen and oxygen atoms in total. The first kappa shape index (κ1) is 23.8. The molecule has 2 aromatic rings. The Morgan fingerprint density at radius 3 is 2.94 bits per heavy atom. The number of benzene rings is 1. The zero-order chi connectivity index (χ0) is 23.6. The second-order valence-electron chi connectivity index (χ2n) is 9.03. The Bertz CT molecular complexity index is 1140. The van der Waals surface area contributed by atoms with Gasteiger partial charge in [0, 0.05) is 24.0 Å². The van der Waals surface area contributed by atoms with Gasteiger partial charge in [-0.15, -0.1) is 11.3 Å². The van der Waals surface area contributed by atoms with Crippen LogP contribution < -0.4 is 10.0 Å². The van der Waals surface area contributed by atoms with Crippen LogP contribution in [0.15, 0.2) is 39.5 Å². The van der Waals surface area contributed by atoms with Gasteiger partial charge in [0.05, 0.1) is 10.6 Å². The zero-order valence-corrected chi connectivity index (χ0v) is 20.9. The summed E-state index contributed by atoms with van der Waals surface area (Å²) in [7, 11) is -3.66. The van der Waals surface area contributed by atoms with E-state index in [1.165, 1.54) is 24.2 Å². The molecule has 0 aliphatic carbocycles. The number of rotatable bonds is 7. The Morgan fingerprint density at radius 2 is 2.18 bits per heavy atom. The molecule has 0 saturated carbocycles. The number of amidine groups is 1. The van der Waals surface area contributed by atoms with E-state index in [4.69, 9.17) is 0 Å². The highest BCUT2D eigenvalue weighted by atomic mass is 32.2. The van der Waals surface area contributed by atoms with E-state index in [1.54, 1.807) is 24.3 Å². The lowest BCUT2D eigenvalue weighted by Crippen LogP contribution is -2.35. The third-order valence-corrected chi connectivity index (χ3v) is 8.49. The fourth-order valence-corrected chi connectivity index (χ4v) is 6.26. The van der Waals surface area contributed by atoms with Crippen LogP contribution in [-0.4, -0.2) is 49.2 Å². The lowest BCUT2D eigenvalue weighted by Gasteiger charge is -2.30. The fraction of sp³-hybridized carbons (Fsp3) is 0.522.